The molecule has 0 radical (unpaired) electrons. The van der Waals surface area contributed by atoms with E-state index in [1.54, 1.807) is 27.2 Å². The van der Waals surface area contributed by atoms with Gasteiger partial charge in [-0.1, -0.05) is 4.98 Å². The van der Waals surface area contributed by atoms with Crippen LogP contribution in [0.15, 0.2) is 34.9 Å². The molecule has 440 valence electrons. The number of imidazole rings is 3. The number of thioether (sulfide) groups is 1. The fourth-order valence-corrected chi connectivity index (χ4v) is 14.5. The molecule has 0 saturated carbocycles. The summed E-state index contributed by atoms with van der Waals surface area (Å²) in [6.07, 6.45) is -9.98. The zero-order valence-electron chi connectivity index (χ0n) is 42.4. The van der Waals surface area contributed by atoms with Crippen LogP contribution in [-0.4, -0.2) is 184 Å². The predicted octanol–water partition coefficient (Wildman–Crippen LogP) is -1.45. The summed E-state index contributed by atoms with van der Waals surface area (Å²) < 4.78 is 118. The van der Waals surface area contributed by atoms with Crippen molar-refractivity contribution < 1.29 is 103 Å². The first-order valence-electron chi connectivity index (χ1n) is 23.4. The van der Waals surface area contributed by atoms with Crippen LogP contribution in [0.1, 0.15) is 32.5 Å². The maximum atomic E-state index is 14.0. The molecule has 3 aliphatic heterocycles. The fraction of sp³-hybridized carbons (Fsp3) is 0.595. The minimum absolute atomic E-state index is 0.0134. The Morgan fingerprint density at radius 2 is 1.35 bits per heavy atom. The molecule has 38 nitrogen and oxygen atoms in total. The molecule has 3 aliphatic rings. The number of rotatable bonds is 23. The van der Waals surface area contributed by atoms with E-state index in [-0.39, 0.29) is 51.2 Å². The monoisotopic (exact) mass is 1230 g/mol. The van der Waals surface area contributed by atoms with Crippen LogP contribution in [0.2, 0.25) is 0 Å². The van der Waals surface area contributed by atoms with Gasteiger partial charge in [-0.3, -0.25) is 51.4 Å². The highest BCUT2D eigenvalue weighted by Crippen LogP contribution is 2.68. The summed E-state index contributed by atoms with van der Waals surface area (Å²) in [7, 11) is -19.0. The maximum Gasteiger partial charge on any atom is 0.490 e. The number of hydrogen-bond acceptors (Lipinski definition) is 29. The van der Waals surface area contributed by atoms with Crippen molar-refractivity contribution in [2.45, 2.75) is 92.7 Å². The van der Waals surface area contributed by atoms with Crippen molar-refractivity contribution >= 4 is 94.3 Å². The van der Waals surface area contributed by atoms with Crippen molar-refractivity contribution in [3.63, 3.8) is 0 Å². The number of nitrogens with zero attached hydrogens (tertiary/aromatic N) is 10. The van der Waals surface area contributed by atoms with E-state index in [1.807, 2.05) is 0 Å². The summed E-state index contributed by atoms with van der Waals surface area (Å²) >= 11 is 1.04. The number of aliphatic hydroxyl groups excluding tert-OH is 2. The highest BCUT2D eigenvalue weighted by Gasteiger charge is 2.54. The molecule has 3 saturated heterocycles. The Kier molecular flexibility index (Phi) is 17.3. The Balaban J connectivity index is 0.889. The van der Waals surface area contributed by atoms with Crippen molar-refractivity contribution in [1.29, 1.82) is 0 Å². The average molecular weight is 1230 g/mol. The summed E-state index contributed by atoms with van der Waals surface area (Å²) in [5, 5.41) is 24.6. The number of nitrogen functional groups attached to an aromatic ring is 2. The normalized spacial score (nSPS) is 29.4. The van der Waals surface area contributed by atoms with E-state index in [0.717, 1.165) is 25.2 Å². The zero-order chi connectivity index (χ0) is 58.0. The lowest BCUT2D eigenvalue weighted by atomic mass is 10.1. The summed E-state index contributed by atoms with van der Waals surface area (Å²) in [5.41, 5.74) is 10.4. The Morgan fingerprint density at radius 1 is 0.762 bits per heavy atom. The first-order valence-corrected chi connectivity index (χ1v) is 30.6. The largest absolute Gasteiger partial charge is 0.490 e. The van der Waals surface area contributed by atoms with Crippen LogP contribution in [0.3, 0.4) is 0 Å². The van der Waals surface area contributed by atoms with E-state index < -0.39 is 141 Å². The molecule has 0 amide bonds. The summed E-state index contributed by atoms with van der Waals surface area (Å²) in [4.78, 5) is 97.8. The van der Waals surface area contributed by atoms with Gasteiger partial charge in [0.05, 0.1) is 50.9 Å². The molecule has 0 bridgehead atoms. The van der Waals surface area contributed by atoms with E-state index in [2.05, 4.69) is 53.8 Å². The van der Waals surface area contributed by atoms with E-state index >= 15 is 0 Å². The lowest BCUT2D eigenvalue weighted by molar-refractivity contribution is -0.745. The van der Waals surface area contributed by atoms with E-state index in [1.165, 1.54) is 44.3 Å². The zero-order valence-corrected chi connectivity index (χ0v) is 46.8. The molecule has 9 rings (SSSR count). The van der Waals surface area contributed by atoms with Crippen LogP contribution in [0.25, 0.3) is 33.5 Å². The highest BCUT2D eigenvalue weighted by molar-refractivity contribution is 7.99. The minimum atomic E-state index is -6.15. The second kappa shape index (κ2) is 23.1. The van der Waals surface area contributed by atoms with Gasteiger partial charge >= 0.3 is 36.9 Å². The molecular weight excluding hydrogens is 1180 g/mol. The summed E-state index contributed by atoms with van der Waals surface area (Å²) in [6, 6.07) is 0. The molecule has 80 heavy (non-hydrogen) atoms. The number of anilines is 3. The number of phosphoric ester groups is 3. The molecule has 0 aliphatic carbocycles. The third-order valence-corrected chi connectivity index (χ3v) is 18.8. The Morgan fingerprint density at radius 3 is 1.99 bits per heavy atom. The van der Waals surface area contributed by atoms with Crippen LogP contribution >= 0.6 is 43.1 Å². The second-order valence-electron chi connectivity index (χ2n) is 18.0. The second-order valence-corrected chi connectivity index (χ2v) is 25.1. The number of aromatic amines is 2. The van der Waals surface area contributed by atoms with Gasteiger partial charge in [0.1, 0.15) is 60.7 Å². The number of fused-ring (bicyclic) bond motifs is 3. The third-order valence-electron chi connectivity index (χ3n) is 12.4. The van der Waals surface area contributed by atoms with Crippen LogP contribution in [0, 0.1) is 0 Å². The van der Waals surface area contributed by atoms with Gasteiger partial charge in [0.15, 0.2) is 41.4 Å². The molecule has 13 N–H and O–H groups in total. The quantitative estimate of drug-likeness (QED) is 0.0258. The van der Waals surface area contributed by atoms with E-state index in [9.17, 15) is 57.6 Å². The molecule has 7 unspecified atom stereocenters. The molecule has 6 aromatic rings. The lowest BCUT2D eigenvalue weighted by Crippen LogP contribution is -2.45. The van der Waals surface area contributed by atoms with Crippen LogP contribution in [0.4, 0.5) is 17.7 Å². The van der Waals surface area contributed by atoms with Crippen molar-refractivity contribution in [3.8, 4) is 0 Å². The minimum Gasteiger partial charge on any atom is -0.386 e. The number of nitrogens with one attached hydrogen (secondary N) is 3. The lowest BCUT2D eigenvalue weighted by Gasteiger charge is -2.27. The highest BCUT2D eigenvalue weighted by atomic mass is 32.2. The van der Waals surface area contributed by atoms with Crippen LogP contribution in [0.5, 0.6) is 0 Å². The van der Waals surface area contributed by atoms with Gasteiger partial charge in [0.2, 0.25) is 17.7 Å². The number of aromatic nitrogens is 12. The number of aryl methyl sites for hydroxylation is 1. The predicted molar refractivity (Wildman–Crippen MR) is 269 cm³/mol. The molecular formula is C37H54N15O23P4S+. The Labute approximate surface area is 452 Å². The number of methoxy groups -OCH3 is 1. The van der Waals surface area contributed by atoms with Gasteiger partial charge < -0.3 is 70.3 Å². The average Bonchev–Trinajstić information content (AvgIpc) is 4.22. The number of aliphatic hydroxyl groups is 2. The van der Waals surface area contributed by atoms with Gasteiger partial charge in [-0.05, 0) is 20.1 Å². The van der Waals surface area contributed by atoms with Crippen molar-refractivity contribution in [3.05, 3.63) is 46.0 Å². The molecule has 6 aromatic heterocycles. The van der Waals surface area contributed by atoms with E-state index in [4.69, 9.17) is 53.2 Å². The van der Waals surface area contributed by atoms with Crippen LogP contribution in [-0.2, 0) is 75.7 Å². The third kappa shape index (κ3) is 12.3. The topological polar surface area (TPSA) is 517 Å². The molecule has 0 spiro atoms. The number of hydrogen-bond donors (Lipinski definition) is 11. The summed E-state index contributed by atoms with van der Waals surface area (Å²) in [5.74, 6) is -0.243. The van der Waals surface area contributed by atoms with Crippen LogP contribution < -0.4 is 32.5 Å². The van der Waals surface area contributed by atoms with Gasteiger partial charge in [0, 0.05) is 14.2 Å². The number of phosphoric acid groups is 4. The van der Waals surface area contributed by atoms with Crippen molar-refractivity contribution in [1.82, 2.24) is 53.6 Å². The Bertz CT molecular complexity index is 3590. The molecule has 9 heterocycles. The molecule has 43 heteroatoms. The number of ether oxygens (including phenoxy) is 5. The molecule has 16 atom stereocenters. The number of nitrogens with two attached hydrogens (primary N) is 2. The maximum absolute atomic E-state index is 14.0. The first-order chi connectivity index (χ1) is 37.6. The molecule has 3 fully saturated rings. The van der Waals surface area contributed by atoms with E-state index in [0.29, 0.717) is 0 Å². The SMILES string of the molecule is CNc1ncnc2c1ncn2[C@@H]1O[C@H](COP(=O)(O)OP(=O)(O)OP(=O)(O)OC[C@H]2O[C@@H]([n+]3cn(C)c4c(=O)[nH]c(N)nc43)C(O)[C@H]2SC)[C@H](OP(=O)(O)OC[C@H]2O[C@@H](n3cnc4c(=O)[nH]c(N)nc43)C(O)[C@H]2OC(C)C)C1OC. The fourth-order valence-electron chi connectivity index (χ4n) is 9.20. The van der Waals surface area contributed by atoms with Gasteiger partial charge in [-0.15, -0.1) is 0 Å². The standard InChI is InChI=1S/C37H53N15O23P4S/c1-14(2)69-23-15(70-33(21(23)53)51-12-44-19-29(51)45-36(38)47-31(19)55)7-66-76(57,58)73-24-16(71-35(25(24)65-5)50-11-43-18-27(40-3)41-10-42-28(18)50)8-67-77(59,60)74-79(63,64)75-78(61,62)68-9-17-26(80-6)22(54)34(72-17)52-13-49(4)20-30(52)46-37(39)48-32(20)56/h10-17,21-26,33-35,53-54H,7-9H2,1-6H3,(H10-,38,39,40,41,42,45,46,47,48,55,56,57,58,59,60,61,62,63,64)/p+1/t15-,16-,17-,21?,22?,23+,24+,25?,26+,33-,34-,35-/m1/s1. The Hall–Kier alpha value is -4.76. The summed E-state index contributed by atoms with van der Waals surface area (Å²) in [6.45, 7) is 0.339. The number of H-pyrrole nitrogens is 2. The first kappa shape index (κ1) is 59.8. The smallest absolute Gasteiger partial charge is 0.386 e. The van der Waals surface area contributed by atoms with Crippen molar-refractivity contribution in [2.24, 2.45) is 7.05 Å². The van der Waals surface area contributed by atoms with Gasteiger partial charge in [-0.25, -0.2) is 42.8 Å². The molecule has 0 aromatic carbocycles. The van der Waals surface area contributed by atoms with Gasteiger partial charge in [0.25, 0.3) is 17.1 Å². The van der Waals surface area contributed by atoms with Gasteiger partial charge in [-0.2, -0.15) is 25.4 Å². The van der Waals surface area contributed by atoms with Crippen molar-refractivity contribution in [2.75, 3.05) is 57.0 Å².